The Kier molecular flexibility index (Phi) is 3.61. The number of fused-ring (bicyclic) bond motifs is 1. The molecule has 0 unspecified atom stereocenters. The zero-order valence-corrected chi connectivity index (χ0v) is 13.7. The Morgan fingerprint density at radius 2 is 1.84 bits per heavy atom. The van der Waals surface area contributed by atoms with E-state index in [2.05, 4.69) is 15.3 Å². The zero-order valence-electron chi connectivity index (χ0n) is 12.9. The van der Waals surface area contributed by atoms with Crippen LogP contribution in [0.4, 0.5) is 24.8 Å². The molecule has 1 aliphatic carbocycles. The van der Waals surface area contributed by atoms with Gasteiger partial charge < -0.3 is 5.32 Å². The third kappa shape index (κ3) is 2.80. The molecule has 1 fully saturated rings. The summed E-state index contributed by atoms with van der Waals surface area (Å²) in [5, 5.41) is 4.36. The average molecular weight is 364 g/mol. The number of pyridine rings is 2. The van der Waals surface area contributed by atoms with Crippen LogP contribution in [0.1, 0.15) is 18.4 Å². The van der Waals surface area contributed by atoms with Crippen molar-refractivity contribution < 1.29 is 13.2 Å². The highest BCUT2D eigenvalue weighted by atomic mass is 35.5. The molecular weight excluding hydrogens is 351 g/mol. The van der Waals surface area contributed by atoms with Crippen molar-refractivity contribution in [3.63, 3.8) is 0 Å². The lowest BCUT2D eigenvalue weighted by Gasteiger charge is -2.20. The largest absolute Gasteiger partial charge is 0.398 e. The minimum Gasteiger partial charge on any atom is -0.325 e. The molecule has 0 radical (unpaired) electrons. The highest BCUT2D eigenvalue weighted by molar-refractivity contribution is 6.35. The third-order valence-corrected chi connectivity index (χ3v) is 4.84. The Balaban J connectivity index is 1.66. The fourth-order valence-electron chi connectivity index (χ4n) is 2.97. The van der Waals surface area contributed by atoms with Crippen LogP contribution in [0.2, 0.25) is 5.02 Å². The summed E-state index contributed by atoms with van der Waals surface area (Å²) in [6.45, 7) is 0. The van der Waals surface area contributed by atoms with Gasteiger partial charge in [-0.3, -0.25) is 0 Å². The van der Waals surface area contributed by atoms with Gasteiger partial charge in [0.15, 0.2) is 0 Å². The number of anilines is 2. The van der Waals surface area contributed by atoms with Gasteiger partial charge in [0.25, 0.3) is 0 Å². The first-order valence-corrected chi connectivity index (χ1v) is 8.12. The molecule has 0 saturated heterocycles. The van der Waals surface area contributed by atoms with Crippen molar-refractivity contribution in [3.8, 4) is 0 Å². The fraction of sp³-hybridized carbons (Fsp3) is 0.222. The number of halogens is 4. The van der Waals surface area contributed by atoms with Crippen LogP contribution in [0.3, 0.4) is 0 Å². The van der Waals surface area contributed by atoms with E-state index in [-0.39, 0.29) is 18.4 Å². The minimum absolute atomic E-state index is 0.115. The molecule has 2 heterocycles. The summed E-state index contributed by atoms with van der Waals surface area (Å²) < 4.78 is 39.9. The molecule has 3 nitrogen and oxygen atoms in total. The summed E-state index contributed by atoms with van der Waals surface area (Å²) in [5.41, 5.74) is -0.873. The maximum absolute atomic E-state index is 13.3. The molecule has 1 saturated carbocycles. The fourth-order valence-corrected chi connectivity index (χ4v) is 3.19. The summed E-state index contributed by atoms with van der Waals surface area (Å²) in [5.74, 6) is 0.800. The van der Waals surface area contributed by atoms with Crippen molar-refractivity contribution in [2.24, 2.45) is 0 Å². The molecule has 0 aliphatic heterocycles. The molecule has 4 rings (SSSR count). The van der Waals surface area contributed by atoms with Crippen molar-refractivity contribution in [1.82, 2.24) is 9.97 Å². The monoisotopic (exact) mass is 363 g/mol. The van der Waals surface area contributed by atoms with Gasteiger partial charge in [0.2, 0.25) is 0 Å². The first-order chi connectivity index (χ1) is 11.9. The number of hydrogen-bond donors (Lipinski definition) is 1. The van der Waals surface area contributed by atoms with Gasteiger partial charge in [-0.1, -0.05) is 23.7 Å². The first-order valence-electron chi connectivity index (χ1n) is 7.75. The Hall–Kier alpha value is -2.34. The Bertz CT molecular complexity index is 952. The van der Waals surface area contributed by atoms with Crippen LogP contribution in [0.5, 0.6) is 0 Å². The van der Waals surface area contributed by atoms with Crippen LogP contribution >= 0.6 is 11.6 Å². The number of benzene rings is 1. The van der Waals surface area contributed by atoms with Crippen LogP contribution in [0, 0.1) is 0 Å². The Labute approximate surface area is 146 Å². The number of aromatic nitrogens is 2. The number of rotatable bonds is 3. The summed E-state index contributed by atoms with van der Waals surface area (Å²) in [7, 11) is 0. The molecule has 2 aromatic heterocycles. The lowest BCUT2D eigenvalue weighted by Crippen LogP contribution is -2.28. The normalized spacial score (nSPS) is 16.0. The highest BCUT2D eigenvalue weighted by Crippen LogP contribution is 2.59. The summed E-state index contributed by atoms with van der Waals surface area (Å²) in [6, 6.07) is 11.9. The molecule has 0 atom stereocenters. The molecule has 25 heavy (non-hydrogen) atoms. The van der Waals surface area contributed by atoms with E-state index in [0.29, 0.717) is 22.2 Å². The van der Waals surface area contributed by atoms with Crippen LogP contribution < -0.4 is 5.32 Å². The van der Waals surface area contributed by atoms with Gasteiger partial charge in [-0.15, -0.1) is 0 Å². The van der Waals surface area contributed by atoms with Crippen LogP contribution in [0.15, 0.2) is 48.7 Å². The van der Waals surface area contributed by atoms with Crippen molar-refractivity contribution in [3.05, 3.63) is 59.2 Å². The van der Waals surface area contributed by atoms with E-state index in [0.717, 1.165) is 5.39 Å². The van der Waals surface area contributed by atoms with Crippen molar-refractivity contribution in [1.29, 1.82) is 0 Å². The molecule has 1 aliphatic rings. The maximum Gasteiger partial charge on any atom is 0.398 e. The van der Waals surface area contributed by atoms with E-state index in [1.807, 2.05) is 18.2 Å². The number of para-hydroxylation sites is 1. The second kappa shape index (κ2) is 5.59. The second-order valence-corrected chi connectivity index (χ2v) is 6.55. The van der Waals surface area contributed by atoms with Gasteiger partial charge in [0.05, 0.1) is 16.0 Å². The molecule has 3 aromatic rings. The van der Waals surface area contributed by atoms with E-state index < -0.39 is 11.6 Å². The van der Waals surface area contributed by atoms with Gasteiger partial charge in [-0.2, -0.15) is 13.2 Å². The smallest absolute Gasteiger partial charge is 0.325 e. The van der Waals surface area contributed by atoms with E-state index >= 15 is 0 Å². The molecule has 0 amide bonds. The number of nitrogens with zero attached hydrogens (tertiary/aromatic N) is 2. The molecule has 128 valence electrons. The van der Waals surface area contributed by atoms with E-state index in [4.69, 9.17) is 11.6 Å². The lowest BCUT2D eigenvalue weighted by molar-refractivity contribution is -0.160. The minimum atomic E-state index is -4.25. The summed E-state index contributed by atoms with van der Waals surface area (Å²) in [6.07, 6.45) is -2.63. The van der Waals surface area contributed by atoms with Gasteiger partial charge in [0.1, 0.15) is 11.6 Å². The van der Waals surface area contributed by atoms with Gasteiger partial charge in [0, 0.05) is 11.6 Å². The standard InChI is InChI=1S/C18H13ClF3N3/c19-13-3-1-2-11-4-5-14(25-16(11)13)24-15-10-12(6-9-23-15)17(7-8-17)18(20,21)22/h1-6,9-10H,7-8H2,(H,23,24,25). The second-order valence-electron chi connectivity index (χ2n) is 6.14. The highest BCUT2D eigenvalue weighted by Gasteiger charge is 2.64. The van der Waals surface area contributed by atoms with Gasteiger partial charge in [-0.25, -0.2) is 9.97 Å². The maximum atomic E-state index is 13.3. The Morgan fingerprint density at radius 3 is 2.56 bits per heavy atom. The van der Waals surface area contributed by atoms with E-state index in [9.17, 15) is 13.2 Å². The molecule has 7 heteroatoms. The van der Waals surface area contributed by atoms with Crippen molar-refractivity contribution in [2.45, 2.75) is 24.4 Å². The van der Waals surface area contributed by atoms with Crippen LogP contribution in [0.25, 0.3) is 10.9 Å². The predicted octanol–water partition coefficient (Wildman–Crippen LogP) is 5.62. The number of alkyl halides is 3. The summed E-state index contributed by atoms with van der Waals surface area (Å²) in [4.78, 5) is 8.53. The van der Waals surface area contributed by atoms with Gasteiger partial charge >= 0.3 is 6.18 Å². The van der Waals surface area contributed by atoms with Gasteiger partial charge in [-0.05, 0) is 48.7 Å². The third-order valence-electron chi connectivity index (χ3n) is 4.53. The molecule has 1 aromatic carbocycles. The molecular formula is C18H13ClF3N3. The SMILES string of the molecule is FC(F)(F)C1(c2ccnc(Nc3ccc4cccc(Cl)c4n3)c2)CC1. The van der Waals surface area contributed by atoms with E-state index in [1.165, 1.54) is 18.3 Å². The lowest BCUT2D eigenvalue weighted by atomic mass is 9.96. The van der Waals surface area contributed by atoms with E-state index in [1.54, 1.807) is 12.1 Å². The molecule has 0 bridgehead atoms. The van der Waals surface area contributed by atoms with Crippen LogP contribution in [-0.4, -0.2) is 16.1 Å². The molecule has 0 spiro atoms. The number of nitrogens with one attached hydrogen (secondary N) is 1. The zero-order chi connectivity index (χ0) is 17.7. The molecule has 1 N–H and O–H groups in total. The van der Waals surface area contributed by atoms with Crippen molar-refractivity contribution >= 4 is 34.1 Å². The van der Waals surface area contributed by atoms with Crippen molar-refractivity contribution in [2.75, 3.05) is 5.32 Å². The number of hydrogen-bond acceptors (Lipinski definition) is 3. The predicted molar refractivity (Wildman–Crippen MR) is 91.2 cm³/mol. The Morgan fingerprint density at radius 1 is 1.04 bits per heavy atom. The summed E-state index contributed by atoms with van der Waals surface area (Å²) >= 11 is 6.14. The quantitative estimate of drug-likeness (QED) is 0.656. The average Bonchev–Trinajstić information content (AvgIpc) is 3.38. The first kappa shape index (κ1) is 16.1. The van der Waals surface area contributed by atoms with Crippen LogP contribution in [-0.2, 0) is 5.41 Å². The topological polar surface area (TPSA) is 37.8 Å².